The molecule has 4 rings (SSSR count). The predicted octanol–water partition coefficient (Wildman–Crippen LogP) is 2.55. The van der Waals surface area contributed by atoms with Gasteiger partial charge in [-0.05, 0) is 49.6 Å². The first-order valence-electron chi connectivity index (χ1n) is 10.3. The van der Waals surface area contributed by atoms with E-state index in [2.05, 4.69) is 20.2 Å². The molecular weight excluding hydrogens is 366 g/mol. The Morgan fingerprint density at radius 1 is 1.21 bits per heavy atom. The summed E-state index contributed by atoms with van der Waals surface area (Å²) in [5.41, 5.74) is 3.84. The quantitative estimate of drug-likeness (QED) is 0.845. The Balaban J connectivity index is 1.38. The zero-order chi connectivity index (χ0) is 20.4. The zero-order valence-corrected chi connectivity index (χ0v) is 17.0. The van der Waals surface area contributed by atoms with Crippen LogP contribution in [0.4, 0.5) is 11.4 Å². The normalized spacial score (nSPS) is 17.9. The highest BCUT2D eigenvalue weighted by Gasteiger charge is 2.27. The number of benzene rings is 1. The smallest absolute Gasteiger partial charge is 0.241 e. The maximum Gasteiger partial charge on any atom is 0.241 e. The summed E-state index contributed by atoms with van der Waals surface area (Å²) in [4.78, 5) is 37.6. The third-order valence-corrected chi connectivity index (χ3v) is 5.79. The maximum absolute atomic E-state index is 12.8. The van der Waals surface area contributed by atoms with Gasteiger partial charge in [-0.25, -0.2) is 9.97 Å². The Morgan fingerprint density at radius 3 is 2.69 bits per heavy atom. The van der Waals surface area contributed by atoms with Crippen molar-refractivity contribution < 1.29 is 9.59 Å². The molecule has 0 saturated carbocycles. The van der Waals surface area contributed by atoms with Crippen LogP contribution in [0.5, 0.6) is 0 Å². The Kier molecular flexibility index (Phi) is 5.58. The number of amides is 2. The number of hydrogen-bond donors (Lipinski definition) is 1. The first-order valence-corrected chi connectivity index (χ1v) is 10.3. The van der Waals surface area contributed by atoms with E-state index in [1.165, 1.54) is 5.56 Å². The van der Waals surface area contributed by atoms with Gasteiger partial charge in [-0.3, -0.25) is 14.5 Å². The molecule has 1 saturated heterocycles. The second kappa shape index (κ2) is 8.29. The van der Waals surface area contributed by atoms with Crippen molar-refractivity contribution in [3.63, 3.8) is 0 Å². The molecule has 2 aliphatic rings. The molecule has 0 radical (unpaired) electrons. The first-order chi connectivity index (χ1) is 14.0. The van der Waals surface area contributed by atoms with Gasteiger partial charge in [0.1, 0.15) is 5.82 Å². The number of aromatic nitrogens is 2. The lowest BCUT2D eigenvalue weighted by Gasteiger charge is -2.32. The van der Waals surface area contributed by atoms with Gasteiger partial charge in [-0.2, -0.15) is 0 Å². The highest BCUT2D eigenvalue weighted by Crippen LogP contribution is 2.24. The third kappa shape index (κ3) is 4.15. The molecule has 2 aliphatic heterocycles. The average Bonchev–Trinajstić information content (AvgIpc) is 3.18. The van der Waals surface area contributed by atoms with E-state index >= 15 is 0 Å². The molecular formula is C22H27N5O2. The second-order valence-corrected chi connectivity index (χ2v) is 7.69. The van der Waals surface area contributed by atoms with Crippen molar-refractivity contribution in [1.82, 2.24) is 14.9 Å². The van der Waals surface area contributed by atoms with Gasteiger partial charge < -0.3 is 10.2 Å². The van der Waals surface area contributed by atoms with Crippen molar-refractivity contribution in [2.24, 2.45) is 0 Å². The van der Waals surface area contributed by atoms with Crippen LogP contribution in [-0.4, -0.2) is 45.8 Å². The van der Waals surface area contributed by atoms with Gasteiger partial charge in [0.15, 0.2) is 0 Å². The van der Waals surface area contributed by atoms with Crippen molar-refractivity contribution in [1.29, 1.82) is 0 Å². The lowest BCUT2D eigenvalue weighted by atomic mass is 10.0. The van der Waals surface area contributed by atoms with E-state index in [-0.39, 0.29) is 17.9 Å². The molecule has 0 spiro atoms. The van der Waals surface area contributed by atoms with Crippen LogP contribution in [0.15, 0.2) is 30.5 Å². The van der Waals surface area contributed by atoms with Crippen LogP contribution in [0.1, 0.15) is 43.8 Å². The Bertz CT molecular complexity index is 912. The number of fused-ring (bicyclic) bond motifs is 1. The minimum atomic E-state index is -0.261. The second-order valence-electron chi connectivity index (χ2n) is 7.69. The van der Waals surface area contributed by atoms with E-state index in [1.54, 1.807) is 4.90 Å². The average molecular weight is 393 g/mol. The first kappa shape index (κ1) is 19.5. The van der Waals surface area contributed by atoms with Gasteiger partial charge in [0, 0.05) is 50.0 Å². The fourth-order valence-corrected chi connectivity index (χ4v) is 3.92. The third-order valence-electron chi connectivity index (χ3n) is 5.79. The van der Waals surface area contributed by atoms with Crippen LogP contribution in [0.25, 0.3) is 0 Å². The standard InChI is InChI=1S/C22H27N5O2/c1-3-20-23-13-16-10-12-26(14-19(16)25-20)15(2)22(29)24-17-6-8-18(9-7-17)27-11-4-5-21(27)28/h6-9,13,15H,3-5,10-12,14H2,1-2H3,(H,24,29). The van der Waals surface area contributed by atoms with Crippen molar-refractivity contribution in [2.75, 3.05) is 23.3 Å². The molecule has 1 atom stereocenters. The summed E-state index contributed by atoms with van der Waals surface area (Å²) < 4.78 is 0. The minimum Gasteiger partial charge on any atom is -0.325 e. The summed E-state index contributed by atoms with van der Waals surface area (Å²) in [5.74, 6) is 0.971. The molecule has 1 N–H and O–H groups in total. The van der Waals surface area contributed by atoms with Gasteiger partial charge in [-0.1, -0.05) is 6.92 Å². The lowest BCUT2D eigenvalue weighted by Crippen LogP contribution is -2.44. The van der Waals surface area contributed by atoms with Crippen LogP contribution in [0, 0.1) is 0 Å². The number of aryl methyl sites for hydroxylation is 1. The number of hydrogen-bond acceptors (Lipinski definition) is 5. The van der Waals surface area contributed by atoms with Gasteiger partial charge in [0.2, 0.25) is 11.8 Å². The SMILES string of the molecule is CCc1ncc2c(n1)CN(C(C)C(=O)Nc1ccc(N3CCCC3=O)cc1)CC2. The van der Waals surface area contributed by atoms with Crippen LogP contribution >= 0.6 is 0 Å². The maximum atomic E-state index is 12.8. The molecule has 2 amide bonds. The topological polar surface area (TPSA) is 78.4 Å². The molecule has 2 aromatic rings. The summed E-state index contributed by atoms with van der Waals surface area (Å²) >= 11 is 0. The molecule has 7 nitrogen and oxygen atoms in total. The predicted molar refractivity (Wildman–Crippen MR) is 112 cm³/mol. The van der Waals surface area contributed by atoms with Gasteiger partial charge >= 0.3 is 0 Å². The van der Waals surface area contributed by atoms with E-state index in [0.717, 1.165) is 55.2 Å². The molecule has 0 aliphatic carbocycles. The Morgan fingerprint density at radius 2 is 2.00 bits per heavy atom. The summed E-state index contributed by atoms with van der Waals surface area (Å²) in [6.07, 6.45) is 5.10. The Hall–Kier alpha value is -2.80. The molecule has 152 valence electrons. The van der Waals surface area contributed by atoms with Crippen molar-refractivity contribution in [2.45, 2.75) is 52.1 Å². The number of carbonyl (C=O) groups is 2. The zero-order valence-electron chi connectivity index (χ0n) is 17.0. The van der Waals surface area contributed by atoms with Gasteiger partial charge in [0.05, 0.1) is 11.7 Å². The molecule has 7 heteroatoms. The summed E-state index contributed by atoms with van der Waals surface area (Å²) in [6, 6.07) is 7.24. The molecule has 1 fully saturated rings. The van der Waals surface area contributed by atoms with E-state index in [9.17, 15) is 9.59 Å². The number of rotatable bonds is 5. The molecule has 1 aromatic heterocycles. The van der Waals surface area contributed by atoms with E-state index in [1.807, 2.05) is 44.3 Å². The summed E-state index contributed by atoms with van der Waals surface area (Å²) in [5, 5.41) is 3.00. The molecule has 3 heterocycles. The summed E-state index contributed by atoms with van der Waals surface area (Å²) in [6.45, 7) is 6.21. The molecule has 1 unspecified atom stereocenters. The molecule has 1 aromatic carbocycles. The van der Waals surface area contributed by atoms with Crippen molar-refractivity contribution >= 4 is 23.2 Å². The van der Waals surface area contributed by atoms with Crippen molar-refractivity contribution in [3.05, 3.63) is 47.5 Å². The van der Waals surface area contributed by atoms with Gasteiger partial charge in [0.25, 0.3) is 0 Å². The fraction of sp³-hybridized carbons (Fsp3) is 0.455. The van der Waals surface area contributed by atoms with Gasteiger partial charge in [-0.15, -0.1) is 0 Å². The van der Waals surface area contributed by atoms with Crippen LogP contribution in [0.2, 0.25) is 0 Å². The number of nitrogens with zero attached hydrogens (tertiary/aromatic N) is 4. The number of carbonyl (C=O) groups excluding carboxylic acids is 2. The van der Waals surface area contributed by atoms with Crippen LogP contribution < -0.4 is 10.2 Å². The number of nitrogens with one attached hydrogen (secondary N) is 1. The molecule has 0 bridgehead atoms. The largest absolute Gasteiger partial charge is 0.325 e. The fourth-order valence-electron chi connectivity index (χ4n) is 3.92. The minimum absolute atomic E-state index is 0.0387. The van der Waals surface area contributed by atoms with E-state index < -0.39 is 0 Å². The van der Waals surface area contributed by atoms with Crippen molar-refractivity contribution in [3.8, 4) is 0 Å². The monoisotopic (exact) mass is 393 g/mol. The molecule has 29 heavy (non-hydrogen) atoms. The highest BCUT2D eigenvalue weighted by atomic mass is 16.2. The van der Waals surface area contributed by atoms with Crippen LogP contribution in [-0.2, 0) is 29.0 Å². The Labute approximate surface area is 171 Å². The van der Waals surface area contributed by atoms with E-state index in [0.29, 0.717) is 13.0 Å². The summed E-state index contributed by atoms with van der Waals surface area (Å²) in [7, 11) is 0. The van der Waals surface area contributed by atoms with E-state index in [4.69, 9.17) is 0 Å². The lowest BCUT2D eigenvalue weighted by molar-refractivity contribution is -0.121. The van der Waals surface area contributed by atoms with Crippen LogP contribution in [0.3, 0.4) is 0 Å². The number of anilines is 2. The highest BCUT2D eigenvalue weighted by molar-refractivity contribution is 5.97.